The number of unbranched alkanes of at least 4 members (excludes halogenated alkanes) is 3. The molecule has 0 aromatic carbocycles. The van der Waals surface area contributed by atoms with Gasteiger partial charge in [0.2, 0.25) is 0 Å². The van der Waals surface area contributed by atoms with E-state index >= 15 is 0 Å². The Hall–Kier alpha value is -0.340. The van der Waals surface area contributed by atoms with Crippen molar-refractivity contribution in [3.8, 4) is 0 Å². The van der Waals surface area contributed by atoms with Gasteiger partial charge >= 0.3 is 0 Å². The van der Waals surface area contributed by atoms with Gasteiger partial charge in [-0.1, -0.05) is 31.9 Å². The Labute approximate surface area is 62.9 Å². The lowest BCUT2D eigenvalue weighted by atomic mass is 10.2. The van der Waals surface area contributed by atoms with E-state index < -0.39 is 0 Å². The van der Waals surface area contributed by atoms with Gasteiger partial charge in [0, 0.05) is 6.54 Å². The molecule has 0 aromatic rings. The molecule has 0 heterocycles. The second-order valence-electron chi connectivity index (χ2n) is 2.33. The predicted molar refractivity (Wildman–Crippen MR) is 43.1 cm³/mol. The van der Waals surface area contributed by atoms with E-state index in [9.17, 15) is 0 Å². The zero-order valence-electron chi connectivity index (χ0n) is 6.64. The van der Waals surface area contributed by atoms with E-state index in [2.05, 4.69) is 18.5 Å². The van der Waals surface area contributed by atoms with Crippen molar-refractivity contribution in [2.75, 3.05) is 6.54 Å². The van der Waals surface area contributed by atoms with Gasteiger partial charge in [-0.25, -0.2) is 5.48 Å². The molecule has 0 fully saturated rings. The summed E-state index contributed by atoms with van der Waals surface area (Å²) in [6, 6.07) is 0. The zero-order chi connectivity index (χ0) is 7.66. The van der Waals surface area contributed by atoms with Crippen molar-refractivity contribution in [2.24, 2.45) is 0 Å². The van der Waals surface area contributed by atoms with Gasteiger partial charge in [0.25, 0.3) is 0 Å². The molecule has 0 aromatic heterocycles. The summed E-state index contributed by atoms with van der Waals surface area (Å²) < 4.78 is 0. The second kappa shape index (κ2) is 8.66. The minimum atomic E-state index is 0.562. The number of nitrogens with one attached hydrogen (secondary N) is 1. The molecule has 0 atom stereocenters. The van der Waals surface area contributed by atoms with Crippen molar-refractivity contribution < 1.29 is 5.21 Å². The predicted octanol–water partition coefficient (Wildman–Crippen LogP) is 2.10. The summed E-state index contributed by atoms with van der Waals surface area (Å²) in [5.41, 5.74) is 2.07. The third kappa shape index (κ3) is 7.66. The summed E-state index contributed by atoms with van der Waals surface area (Å²) in [5.74, 6) is 0. The van der Waals surface area contributed by atoms with Gasteiger partial charge < -0.3 is 5.21 Å². The van der Waals surface area contributed by atoms with E-state index in [-0.39, 0.29) is 0 Å². The molecule has 0 radical (unpaired) electrons. The Kier molecular flexibility index (Phi) is 8.37. The molecule has 0 saturated carbocycles. The maximum Gasteiger partial charge on any atom is 0.0388 e. The SMILES string of the molecule is CCCCC/C=C/CNO. The fourth-order valence-corrected chi connectivity index (χ4v) is 0.766. The molecule has 0 aliphatic heterocycles. The number of hydrogen-bond acceptors (Lipinski definition) is 2. The first kappa shape index (κ1) is 9.66. The number of rotatable bonds is 6. The Morgan fingerprint density at radius 1 is 1.30 bits per heavy atom. The van der Waals surface area contributed by atoms with Gasteiger partial charge in [-0.3, -0.25) is 0 Å². The van der Waals surface area contributed by atoms with Crippen molar-refractivity contribution in [3.63, 3.8) is 0 Å². The topological polar surface area (TPSA) is 32.3 Å². The van der Waals surface area contributed by atoms with Crippen LogP contribution in [0.5, 0.6) is 0 Å². The smallest absolute Gasteiger partial charge is 0.0388 e. The van der Waals surface area contributed by atoms with Crippen LogP contribution in [0.15, 0.2) is 12.2 Å². The number of hydrogen-bond donors (Lipinski definition) is 2. The van der Waals surface area contributed by atoms with E-state index in [0.717, 1.165) is 6.42 Å². The van der Waals surface area contributed by atoms with E-state index in [0.29, 0.717) is 6.54 Å². The van der Waals surface area contributed by atoms with Crippen LogP contribution in [-0.4, -0.2) is 11.8 Å². The van der Waals surface area contributed by atoms with Crippen LogP contribution in [0.4, 0.5) is 0 Å². The maximum absolute atomic E-state index is 8.17. The minimum absolute atomic E-state index is 0.562. The van der Waals surface area contributed by atoms with Gasteiger partial charge in [-0.05, 0) is 12.8 Å². The lowest BCUT2D eigenvalue weighted by Crippen LogP contribution is -2.04. The average Bonchev–Trinajstić information content (AvgIpc) is 1.97. The van der Waals surface area contributed by atoms with Gasteiger partial charge in [-0.2, -0.15) is 0 Å². The molecule has 0 amide bonds. The molecule has 2 heteroatoms. The Morgan fingerprint density at radius 3 is 2.70 bits per heavy atom. The Bertz CT molecular complexity index is 81.3. The number of allylic oxidation sites excluding steroid dienone is 1. The third-order valence-electron chi connectivity index (χ3n) is 1.35. The first-order valence-corrected chi connectivity index (χ1v) is 3.93. The maximum atomic E-state index is 8.17. The lowest BCUT2D eigenvalue weighted by molar-refractivity contribution is 0.179. The molecule has 10 heavy (non-hydrogen) atoms. The first-order chi connectivity index (χ1) is 4.91. The van der Waals surface area contributed by atoms with Crippen molar-refractivity contribution in [1.29, 1.82) is 0 Å². The Morgan fingerprint density at radius 2 is 2.10 bits per heavy atom. The molecule has 0 rings (SSSR count). The van der Waals surface area contributed by atoms with Crippen LogP contribution >= 0.6 is 0 Å². The third-order valence-corrected chi connectivity index (χ3v) is 1.35. The second-order valence-corrected chi connectivity index (χ2v) is 2.33. The van der Waals surface area contributed by atoms with Crippen molar-refractivity contribution >= 4 is 0 Å². The van der Waals surface area contributed by atoms with E-state index in [1.807, 2.05) is 6.08 Å². The molecule has 2 nitrogen and oxygen atoms in total. The van der Waals surface area contributed by atoms with Gasteiger partial charge in [0.1, 0.15) is 0 Å². The van der Waals surface area contributed by atoms with Crippen molar-refractivity contribution in [2.45, 2.75) is 32.6 Å². The fourth-order valence-electron chi connectivity index (χ4n) is 0.766. The fraction of sp³-hybridized carbons (Fsp3) is 0.750. The largest absolute Gasteiger partial charge is 0.317 e. The molecular weight excluding hydrogens is 126 g/mol. The molecule has 0 saturated heterocycles. The van der Waals surface area contributed by atoms with Crippen LogP contribution < -0.4 is 5.48 Å². The summed E-state index contributed by atoms with van der Waals surface area (Å²) >= 11 is 0. The summed E-state index contributed by atoms with van der Waals surface area (Å²) in [5, 5.41) is 8.17. The van der Waals surface area contributed by atoms with Crippen LogP contribution in [0, 0.1) is 0 Å². The minimum Gasteiger partial charge on any atom is -0.317 e. The van der Waals surface area contributed by atoms with Gasteiger partial charge in [-0.15, -0.1) is 0 Å². The van der Waals surface area contributed by atoms with E-state index in [1.54, 1.807) is 0 Å². The van der Waals surface area contributed by atoms with Crippen LogP contribution in [0.1, 0.15) is 32.6 Å². The number of hydroxylamine groups is 1. The highest BCUT2D eigenvalue weighted by atomic mass is 16.5. The molecule has 2 N–H and O–H groups in total. The average molecular weight is 143 g/mol. The van der Waals surface area contributed by atoms with Crippen LogP contribution in [-0.2, 0) is 0 Å². The van der Waals surface area contributed by atoms with Gasteiger partial charge in [0.05, 0.1) is 0 Å². The Balaban J connectivity index is 2.88. The normalized spacial score (nSPS) is 11.0. The van der Waals surface area contributed by atoms with Crippen LogP contribution in [0.25, 0.3) is 0 Å². The van der Waals surface area contributed by atoms with Crippen LogP contribution in [0.2, 0.25) is 0 Å². The molecule has 60 valence electrons. The van der Waals surface area contributed by atoms with E-state index in [1.165, 1.54) is 19.3 Å². The lowest BCUT2D eigenvalue weighted by Gasteiger charge is -1.91. The highest BCUT2D eigenvalue weighted by Crippen LogP contribution is 1.98. The molecule has 0 bridgehead atoms. The van der Waals surface area contributed by atoms with Crippen molar-refractivity contribution in [3.05, 3.63) is 12.2 Å². The molecular formula is C8H17NO. The zero-order valence-corrected chi connectivity index (χ0v) is 6.64. The summed E-state index contributed by atoms with van der Waals surface area (Å²) in [4.78, 5) is 0. The molecule has 0 aliphatic carbocycles. The molecule has 0 spiro atoms. The summed E-state index contributed by atoms with van der Waals surface area (Å²) in [6.45, 7) is 2.76. The monoisotopic (exact) mass is 143 g/mol. The van der Waals surface area contributed by atoms with Gasteiger partial charge in [0.15, 0.2) is 0 Å². The quantitative estimate of drug-likeness (QED) is 0.339. The highest BCUT2D eigenvalue weighted by Gasteiger charge is 1.80. The molecule has 0 aliphatic rings. The van der Waals surface area contributed by atoms with E-state index in [4.69, 9.17) is 5.21 Å². The highest BCUT2D eigenvalue weighted by molar-refractivity contribution is 4.82. The molecule has 0 unspecified atom stereocenters. The van der Waals surface area contributed by atoms with Crippen molar-refractivity contribution in [1.82, 2.24) is 5.48 Å². The van der Waals surface area contributed by atoms with Crippen LogP contribution in [0.3, 0.4) is 0 Å². The first-order valence-electron chi connectivity index (χ1n) is 3.93. The standard InChI is InChI=1S/C8H17NO/c1-2-3-4-5-6-7-8-9-10/h6-7,9-10H,2-5,8H2,1H3/b7-6+. The summed E-state index contributed by atoms with van der Waals surface area (Å²) in [7, 11) is 0. The summed E-state index contributed by atoms with van der Waals surface area (Å²) in [6.07, 6.45) is 9.01.